The van der Waals surface area contributed by atoms with Crippen LogP contribution in [0.2, 0.25) is 0 Å². The van der Waals surface area contributed by atoms with E-state index in [4.69, 9.17) is 0 Å². The van der Waals surface area contributed by atoms with Crippen LogP contribution in [0.15, 0.2) is 36.4 Å². The smallest absolute Gasteiger partial charge is 0.303 e. The standard InChI is InChI=1S/C15H18N4O3/c1-16-9-3-2-4-14(16)18-11-10-17(15(18)20)12-5-7-13(8-6-12)19(21)22/h2,4-8,14H,3,9-11H2,1H3. The van der Waals surface area contributed by atoms with Crippen molar-refractivity contribution in [3.05, 3.63) is 46.5 Å². The van der Waals surface area contributed by atoms with Crippen molar-refractivity contribution in [3.8, 4) is 0 Å². The maximum Gasteiger partial charge on any atom is 0.326 e. The highest BCUT2D eigenvalue weighted by Crippen LogP contribution is 2.25. The molecule has 0 N–H and O–H groups in total. The van der Waals surface area contributed by atoms with Gasteiger partial charge in [0.1, 0.15) is 6.17 Å². The molecule has 2 amide bonds. The second kappa shape index (κ2) is 5.76. The summed E-state index contributed by atoms with van der Waals surface area (Å²) in [5.74, 6) is 0. The Hall–Kier alpha value is -2.41. The van der Waals surface area contributed by atoms with Crippen molar-refractivity contribution in [2.45, 2.75) is 12.6 Å². The van der Waals surface area contributed by atoms with E-state index in [1.165, 1.54) is 12.1 Å². The number of benzene rings is 1. The highest BCUT2D eigenvalue weighted by atomic mass is 16.6. The van der Waals surface area contributed by atoms with E-state index in [0.717, 1.165) is 13.0 Å². The Balaban J connectivity index is 1.77. The molecule has 0 radical (unpaired) electrons. The predicted octanol–water partition coefficient (Wildman–Crippen LogP) is 2.05. The zero-order chi connectivity index (χ0) is 15.7. The molecule has 1 unspecified atom stereocenters. The predicted molar refractivity (Wildman–Crippen MR) is 82.7 cm³/mol. The Kier molecular flexibility index (Phi) is 3.81. The number of hydrogen-bond donors (Lipinski definition) is 0. The fourth-order valence-electron chi connectivity index (χ4n) is 2.91. The van der Waals surface area contributed by atoms with Crippen molar-refractivity contribution in [1.29, 1.82) is 0 Å². The fourth-order valence-corrected chi connectivity index (χ4v) is 2.91. The maximum absolute atomic E-state index is 12.6. The molecule has 0 bridgehead atoms. The number of anilines is 1. The summed E-state index contributed by atoms with van der Waals surface area (Å²) in [6, 6.07) is 6.05. The van der Waals surface area contributed by atoms with E-state index < -0.39 is 4.92 Å². The lowest BCUT2D eigenvalue weighted by molar-refractivity contribution is -0.384. The normalized spacial score (nSPS) is 22.4. The number of nitro benzene ring substituents is 1. The molecule has 3 rings (SSSR count). The average molecular weight is 302 g/mol. The molecule has 0 spiro atoms. The van der Waals surface area contributed by atoms with Gasteiger partial charge < -0.3 is 4.90 Å². The highest BCUT2D eigenvalue weighted by molar-refractivity contribution is 5.94. The minimum Gasteiger partial charge on any atom is -0.303 e. The maximum atomic E-state index is 12.6. The number of likely N-dealkylation sites (N-methyl/N-ethyl adjacent to an activating group) is 1. The topological polar surface area (TPSA) is 69.9 Å². The van der Waals surface area contributed by atoms with E-state index in [2.05, 4.69) is 17.1 Å². The minimum atomic E-state index is -0.441. The van der Waals surface area contributed by atoms with Gasteiger partial charge in [0, 0.05) is 37.5 Å². The summed E-state index contributed by atoms with van der Waals surface area (Å²) in [5.41, 5.74) is 0.725. The largest absolute Gasteiger partial charge is 0.326 e. The Bertz CT molecular complexity index is 614. The SMILES string of the molecule is CN1CCC=CC1N1CCN(c2ccc([N+](=O)[O-])cc2)C1=O. The first-order chi connectivity index (χ1) is 10.6. The molecular formula is C15H18N4O3. The fraction of sp³-hybridized carbons (Fsp3) is 0.400. The van der Waals surface area contributed by atoms with Gasteiger partial charge in [-0.2, -0.15) is 0 Å². The van der Waals surface area contributed by atoms with Gasteiger partial charge in [-0.1, -0.05) is 12.2 Å². The van der Waals surface area contributed by atoms with Crippen molar-refractivity contribution < 1.29 is 9.72 Å². The van der Waals surface area contributed by atoms with Crippen LogP contribution in [0.4, 0.5) is 16.2 Å². The zero-order valence-corrected chi connectivity index (χ0v) is 12.4. The van der Waals surface area contributed by atoms with Crippen LogP contribution in [0, 0.1) is 10.1 Å². The Morgan fingerprint density at radius 1 is 1.18 bits per heavy atom. The van der Waals surface area contributed by atoms with Crippen molar-refractivity contribution in [1.82, 2.24) is 9.80 Å². The number of urea groups is 1. The molecule has 116 valence electrons. The van der Waals surface area contributed by atoms with Crippen molar-refractivity contribution in [2.75, 3.05) is 31.6 Å². The van der Waals surface area contributed by atoms with Gasteiger partial charge in [-0.05, 0) is 25.6 Å². The molecule has 2 aliphatic heterocycles. The lowest BCUT2D eigenvalue weighted by atomic mass is 10.2. The number of amides is 2. The molecule has 0 saturated carbocycles. The molecule has 1 saturated heterocycles. The van der Waals surface area contributed by atoms with Crippen molar-refractivity contribution in [3.63, 3.8) is 0 Å². The molecular weight excluding hydrogens is 284 g/mol. The molecule has 1 aromatic rings. The summed E-state index contributed by atoms with van der Waals surface area (Å²) in [6.45, 7) is 2.17. The van der Waals surface area contributed by atoms with E-state index in [9.17, 15) is 14.9 Å². The van der Waals surface area contributed by atoms with Gasteiger partial charge in [0.25, 0.3) is 5.69 Å². The number of carbonyl (C=O) groups is 1. The van der Waals surface area contributed by atoms with E-state index >= 15 is 0 Å². The molecule has 0 aromatic heterocycles. The van der Waals surface area contributed by atoms with Crippen LogP contribution in [0.1, 0.15) is 6.42 Å². The third kappa shape index (κ3) is 2.55. The molecule has 1 aromatic carbocycles. The second-order valence-electron chi connectivity index (χ2n) is 5.51. The molecule has 0 aliphatic carbocycles. The zero-order valence-electron chi connectivity index (χ0n) is 12.4. The van der Waals surface area contributed by atoms with E-state index in [-0.39, 0.29) is 17.9 Å². The average Bonchev–Trinajstić information content (AvgIpc) is 2.89. The van der Waals surface area contributed by atoms with E-state index in [0.29, 0.717) is 18.8 Å². The number of non-ortho nitro benzene ring substituents is 1. The van der Waals surface area contributed by atoms with Crippen molar-refractivity contribution >= 4 is 17.4 Å². The number of rotatable bonds is 3. The summed E-state index contributed by atoms with van der Waals surface area (Å²) >= 11 is 0. The highest BCUT2D eigenvalue weighted by Gasteiger charge is 2.35. The Morgan fingerprint density at radius 2 is 1.91 bits per heavy atom. The van der Waals surface area contributed by atoms with Crippen LogP contribution in [0.25, 0.3) is 0 Å². The molecule has 22 heavy (non-hydrogen) atoms. The first kappa shape index (κ1) is 14.5. The van der Waals surface area contributed by atoms with Crippen LogP contribution >= 0.6 is 0 Å². The Morgan fingerprint density at radius 3 is 2.55 bits per heavy atom. The first-order valence-electron chi connectivity index (χ1n) is 7.27. The minimum absolute atomic E-state index is 0.00991. The number of carbonyl (C=O) groups excluding carboxylic acids is 1. The van der Waals surface area contributed by atoms with Gasteiger partial charge in [-0.15, -0.1) is 0 Å². The van der Waals surface area contributed by atoms with Gasteiger partial charge in [0.15, 0.2) is 0 Å². The molecule has 1 fully saturated rings. The van der Waals surface area contributed by atoms with Crippen LogP contribution in [-0.4, -0.2) is 53.6 Å². The summed E-state index contributed by atoms with van der Waals surface area (Å²) in [4.78, 5) is 28.5. The molecule has 2 aliphatic rings. The summed E-state index contributed by atoms with van der Waals surface area (Å²) in [6.07, 6.45) is 5.15. The van der Waals surface area contributed by atoms with Crippen LogP contribution in [0.5, 0.6) is 0 Å². The van der Waals surface area contributed by atoms with Gasteiger partial charge in [0.2, 0.25) is 0 Å². The molecule has 7 nitrogen and oxygen atoms in total. The van der Waals surface area contributed by atoms with Crippen LogP contribution in [-0.2, 0) is 0 Å². The number of nitrogens with zero attached hydrogens (tertiary/aromatic N) is 4. The monoisotopic (exact) mass is 302 g/mol. The number of nitro groups is 1. The molecule has 1 atom stereocenters. The first-order valence-corrected chi connectivity index (χ1v) is 7.27. The summed E-state index contributed by atoms with van der Waals surface area (Å²) in [7, 11) is 2.01. The van der Waals surface area contributed by atoms with Crippen LogP contribution in [0.3, 0.4) is 0 Å². The van der Waals surface area contributed by atoms with Gasteiger partial charge in [-0.25, -0.2) is 4.79 Å². The lowest BCUT2D eigenvalue weighted by Gasteiger charge is -2.35. The van der Waals surface area contributed by atoms with Crippen molar-refractivity contribution in [2.24, 2.45) is 0 Å². The summed E-state index contributed by atoms with van der Waals surface area (Å²) in [5, 5.41) is 10.7. The molecule has 7 heteroatoms. The Labute approximate surface area is 128 Å². The summed E-state index contributed by atoms with van der Waals surface area (Å²) < 4.78 is 0. The second-order valence-corrected chi connectivity index (χ2v) is 5.51. The third-order valence-corrected chi connectivity index (χ3v) is 4.14. The lowest BCUT2D eigenvalue weighted by Crippen LogP contribution is -2.48. The number of hydrogen-bond acceptors (Lipinski definition) is 4. The quantitative estimate of drug-likeness (QED) is 0.487. The van der Waals surface area contributed by atoms with Gasteiger partial charge >= 0.3 is 6.03 Å². The van der Waals surface area contributed by atoms with Crippen LogP contribution < -0.4 is 4.90 Å². The van der Waals surface area contributed by atoms with Gasteiger partial charge in [-0.3, -0.25) is 19.9 Å². The molecule has 2 heterocycles. The third-order valence-electron chi connectivity index (χ3n) is 4.14. The van der Waals surface area contributed by atoms with E-state index in [1.807, 2.05) is 11.9 Å². The van der Waals surface area contributed by atoms with Gasteiger partial charge in [0.05, 0.1) is 4.92 Å². The van der Waals surface area contributed by atoms with E-state index in [1.54, 1.807) is 17.0 Å².